The molecule has 8 heteroatoms. The molecule has 3 heterocycles. The van der Waals surface area contributed by atoms with Crippen molar-refractivity contribution in [2.75, 3.05) is 18.9 Å². The first kappa shape index (κ1) is 22.1. The van der Waals surface area contributed by atoms with Gasteiger partial charge in [0.1, 0.15) is 18.7 Å². The molecule has 3 aromatic rings. The second kappa shape index (κ2) is 9.67. The summed E-state index contributed by atoms with van der Waals surface area (Å²) in [4.78, 5) is 41.1. The molecule has 5 rings (SSSR count). The number of fused-ring (bicyclic) bond motifs is 2. The third-order valence-electron chi connectivity index (χ3n) is 6.04. The number of nitrogens with one attached hydrogen (secondary N) is 1. The number of carbonyl (C=O) groups excluding carboxylic acids is 3. The van der Waals surface area contributed by atoms with Crippen molar-refractivity contribution < 1.29 is 19.1 Å². The minimum absolute atomic E-state index is 0.0562. The smallest absolute Gasteiger partial charge is 0.262 e. The number of thiophene rings is 1. The summed E-state index contributed by atoms with van der Waals surface area (Å²) in [6, 6.07) is 18.5. The molecule has 0 spiro atoms. The fourth-order valence-corrected chi connectivity index (χ4v) is 6.38. The highest BCUT2D eigenvalue weighted by molar-refractivity contribution is 7.98. The Kier molecular flexibility index (Phi) is 6.48. The molecule has 0 aliphatic carbocycles. The van der Waals surface area contributed by atoms with Crippen molar-refractivity contribution in [3.05, 3.63) is 71.1 Å². The number of hydrogen-bond acceptors (Lipinski definition) is 6. The van der Waals surface area contributed by atoms with Gasteiger partial charge in [0.15, 0.2) is 5.78 Å². The Morgan fingerprint density at radius 2 is 1.94 bits per heavy atom. The average Bonchev–Trinajstić information content (AvgIpc) is 3.55. The molecule has 6 nitrogen and oxygen atoms in total. The zero-order valence-corrected chi connectivity index (χ0v) is 19.6. The molecule has 0 saturated carbocycles. The number of thioether (sulfide) groups is 1. The first-order chi connectivity index (χ1) is 16.1. The molecule has 2 fully saturated rings. The SMILES string of the molecule is O=C(NC(CSCc1ccccc1)C(=O)N1CC[C@H]2OCC(=O)[C@H]21)c1cc2ccccc2s1. The van der Waals surface area contributed by atoms with Gasteiger partial charge in [0, 0.05) is 22.8 Å². The van der Waals surface area contributed by atoms with Crippen LogP contribution in [0, 0.1) is 0 Å². The van der Waals surface area contributed by atoms with E-state index in [4.69, 9.17) is 4.74 Å². The number of hydrogen-bond donors (Lipinski definition) is 1. The van der Waals surface area contributed by atoms with Gasteiger partial charge in [-0.25, -0.2) is 0 Å². The maximum Gasteiger partial charge on any atom is 0.262 e. The van der Waals surface area contributed by atoms with Crippen LogP contribution in [0.2, 0.25) is 0 Å². The molecule has 0 bridgehead atoms. The molecule has 1 unspecified atom stereocenters. The van der Waals surface area contributed by atoms with Crippen molar-refractivity contribution in [1.29, 1.82) is 0 Å². The Bertz CT molecular complexity index is 1150. The third-order valence-corrected chi connectivity index (χ3v) is 8.27. The van der Waals surface area contributed by atoms with Crippen LogP contribution in [0.5, 0.6) is 0 Å². The van der Waals surface area contributed by atoms with Crippen LogP contribution in [-0.4, -0.2) is 59.6 Å². The van der Waals surface area contributed by atoms with E-state index in [1.807, 2.05) is 60.7 Å². The summed E-state index contributed by atoms with van der Waals surface area (Å²) in [6.45, 7) is 0.527. The van der Waals surface area contributed by atoms with Crippen LogP contribution in [-0.2, 0) is 20.1 Å². The number of likely N-dealkylation sites (tertiary alicyclic amines) is 1. The fraction of sp³-hybridized carbons (Fsp3) is 0.320. The number of ketones is 1. The highest BCUT2D eigenvalue weighted by Gasteiger charge is 2.48. The van der Waals surface area contributed by atoms with Gasteiger partial charge in [-0.1, -0.05) is 48.5 Å². The molecule has 170 valence electrons. The summed E-state index contributed by atoms with van der Waals surface area (Å²) in [7, 11) is 0. The average molecular weight is 481 g/mol. The lowest BCUT2D eigenvalue weighted by atomic mass is 10.1. The van der Waals surface area contributed by atoms with Gasteiger partial charge in [-0.15, -0.1) is 11.3 Å². The number of carbonyl (C=O) groups is 3. The highest BCUT2D eigenvalue weighted by Crippen LogP contribution is 2.29. The van der Waals surface area contributed by atoms with Gasteiger partial charge in [0.25, 0.3) is 5.91 Å². The van der Waals surface area contributed by atoms with Crippen LogP contribution in [0.25, 0.3) is 10.1 Å². The van der Waals surface area contributed by atoms with Crippen LogP contribution < -0.4 is 5.32 Å². The second-order valence-corrected chi connectivity index (χ2v) is 10.4. The topological polar surface area (TPSA) is 75.7 Å². The molecule has 2 aromatic carbocycles. The van der Waals surface area contributed by atoms with Gasteiger partial charge >= 0.3 is 0 Å². The maximum absolute atomic E-state index is 13.5. The second-order valence-electron chi connectivity index (χ2n) is 8.26. The molecule has 1 aromatic heterocycles. The minimum Gasteiger partial charge on any atom is -0.368 e. The van der Waals surface area contributed by atoms with Gasteiger partial charge in [0.05, 0.1) is 11.0 Å². The lowest BCUT2D eigenvalue weighted by molar-refractivity contribution is -0.137. The quantitative estimate of drug-likeness (QED) is 0.560. The van der Waals surface area contributed by atoms with Gasteiger partial charge < -0.3 is 15.0 Å². The Morgan fingerprint density at radius 3 is 2.76 bits per heavy atom. The van der Waals surface area contributed by atoms with Crippen LogP contribution in [0.15, 0.2) is 60.7 Å². The van der Waals surface area contributed by atoms with Crippen molar-refractivity contribution in [2.24, 2.45) is 0 Å². The standard InChI is InChI=1S/C25H24N2O4S2/c28-19-13-31-20-10-11-27(23(19)20)25(30)18(15-32-14-16-6-2-1-3-7-16)26-24(29)22-12-17-8-4-5-9-21(17)33-22/h1-9,12,18,20,23H,10-11,13-15H2,(H,26,29)/t18?,20-,23-/m1/s1. The Balaban J connectivity index is 1.32. The Hall–Kier alpha value is -2.68. The van der Waals surface area contributed by atoms with Crippen molar-refractivity contribution >= 4 is 50.8 Å². The lowest BCUT2D eigenvalue weighted by Gasteiger charge is -2.27. The van der Waals surface area contributed by atoms with Crippen molar-refractivity contribution in [1.82, 2.24) is 10.2 Å². The number of benzene rings is 2. The minimum atomic E-state index is -0.719. The normalized spacial score (nSPS) is 20.7. The van der Waals surface area contributed by atoms with Gasteiger partial charge in [0.2, 0.25) is 5.91 Å². The largest absolute Gasteiger partial charge is 0.368 e. The van der Waals surface area contributed by atoms with E-state index in [-0.39, 0.29) is 30.3 Å². The summed E-state index contributed by atoms with van der Waals surface area (Å²) < 4.78 is 6.57. The number of ether oxygens (including phenoxy) is 1. The molecule has 2 aliphatic heterocycles. The number of nitrogens with zero attached hydrogens (tertiary/aromatic N) is 1. The molecule has 2 saturated heterocycles. The van der Waals surface area contributed by atoms with Crippen LogP contribution in [0.3, 0.4) is 0 Å². The van der Waals surface area contributed by atoms with E-state index in [1.165, 1.54) is 11.3 Å². The van der Waals surface area contributed by atoms with Gasteiger partial charge in [-0.3, -0.25) is 14.4 Å². The van der Waals surface area contributed by atoms with E-state index in [1.54, 1.807) is 16.7 Å². The zero-order chi connectivity index (χ0) is 22.8. The van der Waals surface area contributed by atoms with Gasteiger partial charge in [-0.2, -0.15) is 11.8 Å². The van der Waals surface area contributed by atoms with E-state index < -0.39 is 12.1 Å². The zero-order valence-electron chi connectivity index (χ0n) is 17.9. The predicted octanol–water partition coefficient (Wildman–Crippen LogP) is 3.50. The molecule has 1 N–H and O–H groups in total. The maximum atomic E-state index is 13.5. The van der Waals surface area contributed by atoms with Gasteiger partial charge in [-0.05, 0) is 29.5 Å². The van der Waals surface area contributed by atoms with E-state index in [0.29, 0.717) is 23.6 Å². The molecule has 33 heavy (non-hydrogen) atoms. The van der Waals surface area contributed by atoms with Crippen LogP contribution in [0.1, 0.15) is 21.7 Å². The lowest BCUT2D eigenvalue weighted by Crippen LogP contribution is -2.53. The summed E-state index contributed by atoms with van der Waals surface area (Å²) in [5.74, 6) is 0.624. The summed E-state index contributed by atoms with van der Waals surface area (Å²) >= 11 is 3.00. The van der Waals surface area contributed by atoms with E-state index in [2.05, 4.69) is 5.32 Å². The number of rotatable bonds is 7. The summed E-state index contributed by atoms with van der Waals surface area (Å²) in [5.41, 5.74) is 1.16. The predicted molar refractivity (Wildman–Crippen MR) is 131 cm³/mol. The molecule has 2 amide bonds. The highest BCUT2D eigenvalue weighted by atomic mass is 32.2. The summed E-state index contributed by atoms with van der Waals surface area (Å²) in [6.07, 6.45) is 0.424. The van der Waals surface area contributed by atoms with Crippen molar-refractivity contribution in [3.8, 4) is 0 Å². The van der Waals surface area contributed by atoms with Crippen molar-refractivity contribution in [2.45, 2.75) is 30.4 Å². The fourth-order valence-electron chi connectivity index (χ4n) is 4.41. The summed E-state index contributed by atoms with van der Waals surface area (Å²) in [5, 5.41) is 3.96. The van der Waals surface area contributed by atoms with E-state index >= 15 is 0 Å². The van der Waals surface area contributed by atoms with Crippen molar-refractivity contribution in [3.63, 3.8) is 0 Å². The molecular formula is C25H24N2O4S2. The number of Topliss-reactive ketones (excluding diaryl/α,β-unsaturated/α-hetero) is 1. The molecule has 2 aliphatic rings. The Labute approximate surface area is 200 Å². The monoisotopic (exact) mass is 480 g/mol. The molecular weight excluding hydrogens is 456 g/mol. The van der Waals surface area contributed by atoms with Crippen LogP contribution >= 0.6 is 23.1 Å². The first-order valence-corrected chi connectivity index (χ1v) is 12.9. The van der Waals surface area contributed by atoms with E-state index in [9.17, 15) is 14.4 Å². The Morgan fingerprint density at radius 1 is 1.15 bits per heavy atom. The van der Waals surface area contributed by atoms with Crippen LogP contribution in [0.4, 0.5) is 0 Å². The third kappa shape index (κ3) is 4.69. The molecule has 0 radical (unpaired) electrons. The molecule has 3 atom stereocenters. The number of amides is 2. The van der Waals surface area contributed by atoms with E-state index in [0.717, 1.165) is 21.4 Å². The first-order valence-electron chi connectivity index (χ1n) is 11.0.